The second kappa shape index (κ2) is 10.3. The molecule has 0 saturated heterocycles. The molecule has 0 atom stereocenters. The minimum absolute atomic E-state index is 0. The fraction of sp³-hybridized carbons (Fsp3) is 0. The maximum atomic E-state index is 8.25. The predicted octanol–water partition coefficient (Wildman–Crippen LogP) is 1.12. The fourth-order valence-electron chi connectivity index (χ4n) is 1.59. The van der Waals surface area contributed by atoms with Crippen molar-refractivity contribution < 1.29 is 27.2 Å². The molecule has 0 fully saturated rings. The van der Waals surface area contributed by atoms with Crippen LogP contribution in [0.1, 0.15) is 0 Å². The standard InChI is InChI=1S/C11H9N5.Cu.2NO3/c12-9-7-3-1-2-4-8(7)15-11(16-9)10-13-5-6-14-10;;2*2-1(3)4/h1-6H,(H,13,14)(H2,12,15,16);;;/q;+2;2*-1. The Bertz CT molecular complexity index is 809. The van der Waals surface area contributed by atoms with Crippen molar-refractivity contribution in [3.8, 4) is 11.6 Å². The SMILES string of the molecule is Nc1nc(-c2ncc[nH]2)nc2ccccc12.O=[N+]([O-])[O-].O=[N+]([O-])[O-].[Cu+2]. The first-order valence-electron chi connectivity index (χ1n) is 5.96. The molecule has 0 spiro atoms. The van der Waals surface area contributed by atoms with Crippen molar-refractivity contribution in [3.63, 3.8) is 0 Å². The zero-order valence-electron chi connectivity index (χ0n) is 12.0. The molecule has 2 aromatic heterocycles. The second-order valence-electron chi connectivity index (χ2n) is 3.83. The van der Waals surface area contributed by atoms with E-state index in [0.29, 0.717) is 17.5 Å². The van der Waals surface area contributed by atoms with E-state index in [1.54, 1.807) is 12.4 Å². The number of aromatic nitrogens is 4. The summed E-state index contributed by atoms with van der Waals surface area (Å²) >= 11 is 0. The molecule has 3 N–H and O–H groups in total. The van der Waals surface area contributed by atoms with E-state index in [0.717, 1.165) is 10.9 Å². The first kappa shape index (κ1) is 21.5. The van der Waals surface area contributed by atoms with Crippen LogP contribution in [0.3, 0.4) is 0 Å². The number of nitrogens with one attached hydrogen (secondary N) is 1. The summed E-state index contributed by atoms with van der Waals surface area (Å²) in [4.78, 5) is 32.2. The minimum atomic E-state index is -1.75. The van der Waals surface area contributed by atoms with Crippen molar-refractivity contribution in [2.45, 2.75) is 0 Å². The number of nitrogen functional groups attached to an aromatic ring is 1. The third-order valence-corrected chi connectivity index (χ3v) is 2.34. The van der Waals surface area contributed by atoms with Crippen LogP contribution in [0.4, 0.5) is 5.82 Å². The number of fused-ring (bicyclic) bond motifs is 1. The molecule has 25 heavy (non-hydrogen) atoms. The Balaban J connectivity index is 0.000000549. The molecule has 1 radical (unpaired) electrons. The summed E-state index contributed by atoms with van der Waals surface area (Å²) in [6.07, 6.45) is 3.38. The average molecular weight is 399 g/mol. The summed E-state index contributed by atoms with van der Waals surface area (Å²) in [7, 11) is 0. The number of hydrogen-bond acceptors (Lipinski definition) is 10. The quantitative estimate of drug-likeness (QED) is 0.338. The van der Waals surface area contributed by atoms with Gasteiger partial charge >= 0.3 is 17.1 Å². The van der Waals surface area contributed by atoms with Crippen LogP contribution in [-0.2, 0) is 17.1 Å². The Morgan fingerprint density at radius 3 is 2.08 bits per heavy atom. The summed E-state index contributed by atoms with van der Waals surface area (Å²) in [6.45, 7) is 0. The zero-order chi connectivity index (χ0) is 18.1. The predicted molar refractivity (Wildman–Crippen MR) is 82.3 cm³/mol. The number of nitrogens with zero attached hydrogens (tertiary/aromatic N) is 5. The molecule has 3 aromatic rings. The summed E-state index contributed by atoms with van der Waals surface area (Å²) < 4.78 is 0. The van der Waals surface area contributed by atoms with Gasteiger partial charge in [0.1, 0.15) is 5.82 Å². The van der Waals surface area contributed by atoms with Crippen molar-refractivity contribution in [2.24, 2.45) is 0 Å². The van der Waals surface area contributed by atoms with E-state index < -0.39 is 10.2 Å². The Morgan fingerprint density at radius 2 is 1.56 bits per heavy atom. The van der Waals surface area contributed by atoms with Crippen LogP contribution in [-0.4, -0.2) is 30.1 Å². The molecule has 0 aliphatic carbocycles. The Kier molecular flexibility index (Phi) is 8.85. The Hall–Kier alpha value is -3.51. The molecular formula is C11H9CuN7O6. The van der Waals surface area contributed by atoms with Gasteiger partial charge in [0.25, 0.3) is 0 Å². The molecule has 3 rings (SSSR count). The van der Waals surface area contributed by atoms with Crippen molar-refractivity contribution in [1.82, 2.24) is 19.9 Å². The number of imidazole rings is 1. The van der Waals surface area contributed by atoms with Gasteiger partial charge < -0.3 is 41.4 Å². The molecule has 1 aromatic carbocycles. The molecule has 2 heterocycles. The van der Waals surface area contributed by atoms with E-state index in [1.165, 1.54) is 0 Å². The van der Waals surface area contributed by atoms with E-state index in [-0.39, 0.29) is 17.1 Å². The van der Waals surface area contributed by atoms with Gasteiger partial charge in [0.2, 0.25) is 0 Å². The Labute approximate surface area is 149 Å². The van der Waals surface area contributed by atoms with E-state index in [2.05, 4.69) is 19.9 Å². The van der Waals surface area contributed by atoms with Gasteiger partial charge in [0, 0.05) is 17.8 Å². The molecule has 0 bridgehead atoms. The summed E-state index contributed by atoms with van der Waals surface area (Å²) in [6, 6.07) is 7.63. The second-order valence-corrected chi connectivity index (χ2v) is 3.83. The van der Waals surface area contributed by atoms with E-state index in [9.17, 15) is 0 Å². The number of rotatable bonds is 1. The third-order valence-electron chi connectivity index (χ3n) is 2.34. The summed E-state index contributed by atoms with van der Waals surface area (Å²) in [5, 5.41) is 30.4. The third kappa shape index (κ3) is 7.53. The molecule has 0 aliphatic heterocycles. The average Bonchev–Trinajstić information content (AvgIpc) is 3.00. The van der Waals surface area contributed by atoms with Crippen LogP contribution < -0.4 is 5.73 Å². The first-order valence-corrected chi connectivity index (χ1v) is 5.96. The van der Waals surface area contributed by atoms with Gasteiger partial charge in [-0.2, -0.15) is 0 Å². The monoisotopic (exact) mass is 398 g/mol. The minimum Gasteiger partial charge on any atom is -0.383 e. The van der Waals surface area contributed by atoms with E-state index >= 15 is 0 Å². The molecule has 0 saturated carbocycles. The van der Waals surface area contributed by atoms with Crippen LogP contribution in [0.15, 0.2) is 36.7 Å². The summed E-state index contributed by atoms with van der Waals surface area (Å²) in [5.74, 6) is 1.61. The normalized spacial score (nSPS) is 8.80. The van der Waals surface area contributed by atoms with Crippen LogP contribution >= 0.6 is 0 Å². The van der Waals surface area contributed by atoms with Gasteiger partial charge in [0.05, 0.1) is 15.7 Å². The zero-order valence-corrected chi connectivity index (χ0v) is 13.0. The maximum Gasteiger partial charge on any atom is 2.00 e. The fourth-order valence-corrected chi connectivity index (χ4v) is 1.59. The van der Waals surface area contributed by atoms with Gasteiger partial charge in [-0.25, -0.2) is 15.0 Å². The maximum absolute atomic E-state index is 8.25. The van der Waals surface area contributed by atoms with Crippen molar-refractivity contribution >= 4 is 16.7 Å². The summed E-state index contributed by atoms with van der Waals surface area (Å²) in [5.41, 5.74) is 6.69. The molecule has 14 heteroatoms. The van der Waals surface area contributed by atoms with Crippen molar-refractivity contribution in [3.05, 3.63) is 67.3 Å². The molecule has 135 valence electrons. The first-order chi connectivity index (χ1) is 11.3. The van der Waals surface area contributed by atoms with Crippen LogP contribution in [0.25, 0.3) is 22.6 Å². The van der Waals surface area contributed by atoms with Gasteiger partial charge in [-0.05, 0) is 12.1 Å². The van der Waals surface area contributed by atoms with Gasteiger partial charge in [0.15, 0.2) is 11.6 Å². The van der Waals surface area contributed by atoms with Crippen LogP contribution in [0, 0.1) is 30.6 Å². The molecular weight excluding hydrogens is 390 g/mol. The number of nitrogens with two attached hydrogens (primary N) is 1. The van der Waals surface area contributed by atoms with Gasteiger partial charge in [-0.15, -0.1) is 0 Å². The van der Waals surface area contributed by atoms with E-state index in [1.807, 2.05) is 24.3 Å². The largest absolute Gasteiger partial charge is 2.00 e. The van der Waals surface area contributed by atoms with E-state index in [4.69, 9.17) is 36.4 Å². The molecule has 0 aliphatic rings. The van der Waals surface area contributed by atoms with Crippen molar-refractivity contribution in [2.75, 3.05) is 5.73 Å². The molecule has 0 unspecified atom stereocenters. The van der Waals surface area contributed by atoms with Crippen LogP contribution in [0.5, 0.6) is 0 Å². The van der Waals surface area contributed by atoms with Crippen molar-refractivity contribution in [1.29, 1.82) is 0 Å². The smallest absolute Gasteiger partial charge is 0.383 e. The molecule has 0 amide bonds. The molecule has 13 nitrogen and oxygen atoms in total. The number of hydrogen-bond donors (Lipinski definition) is 2. The number of H-pyrrole nitrogens is 1. The van der Waals surface area contributed by atoms with Crippen LogP contribution in [0.2, 0.25) is 0 Å². The topological polar surface area (TPSA) is 213 Å². The van der Waals surface area contributed by atoms with Gasteiger partial charge in [-0.3, -0.25) is 0 Å². The number of anilines is 1. The number of benzene rings is 1. The number of aromatic amines is 1. The number of para-hydroxylation sites is 1. The Morgan fingerprint density at radius 1 is 1.00 bits per heavy atom. The van der Waals surface area contributed by atoms with Gasteiger partial charge in [-0.1, -0.05) is 12.1 Å².